The van der Waals surface area contributed by atoms with Crippen molar-refractivity contribution >= 4 is 11.6 Å². The summed E-state index contributed by atoms with van der Waals surface area (Å²) in [7, 11) is 1.85. The number of nitrogens with zero attached hydrogens (tertiary/aromatic N) is 5. The van der Waals surface area contributed by atoms with Gasteiger partial charge in [-0.25, -0.2) is 13.5 Å². The third kappa shape index (κ3) is 4.40. The van der Waals surface area contributed by atoms with Gasteiger partial charge in [0.25, 0.3) is 0 Å². The van der Waals surface area contributed by atoms with Crippen LogP contribution in [0.5, 0.6) is 5.75 Å². The fourth-order valence-electron chi connectivity index (χ4n) is 2.80. The maximum atomic E-state index is 13.4. The molecule has 0 aliphatic rings. The molecule has 0 spiro atoms. The van der Waals surface area contributed by atoms with Gasteiger partial charge in [0.05, 0.1) is 11.4 Å². The van der Waals surface area contributed by atoms with Crippen molar-refractivity contribution in [2.75, 3.05) is 5.32 Å². The number of ether oxygens (including phenoxy) is 1. The second-order valence-electron chi connectivity index (χ2n) is 6.54. The van der Waals surface area contributed by atoms with Crippen LogP contribution in [0.3, 0.4) is 0 Å². The molecule has 0 amide bonds. The molecule has 0 fully saturated rings. The molecule has 2 heterocycles. The number of hydrogen-bond acceptors (Lipinski definition) is 5. The van der Waals surface area contributed by atoms with Crippen molar-refractivity contribution in [1.29, 1.82) is 0 Å². The van der Waals surface area contributed by atoms with Gasteiger partial charge in [-0.1, -0.05) is 0 Å². The van der Waals surface area contributed by atoms with Gasteiger partial charge in [-0.05, 0) is 42.8 Å². The van der Waals surface area contributed by atoms with Gasteiger partial charge in [0.2, 0.25) is 5.95 Å². The van der Waals surface area contributed by atoms with Crippen LogP contribution in [0.15, 0.2) is 55.0 Å². The maximum Gasteiger partial charge on any atom is 0.246 e. The molecule has 4 rings (SSSR count). The fraction of sp³-hybridized carbons (Fsp3) is 0.150. The second-order valence-corrected chi connectivity index (χ2v) is 6.54. The third-order valence-electron chi connectivity index (χ3n) is 4.12. The zero-order valence-electron chi connectivity index (χ0n) is 15.8. The van der Waals surface area contributed by atoms with Crippen molar-refractivity contribution in [3.63, 3.8) is 0 Å². The van der Waals surface area contributed by atoms with Crippen molar-refractivity contribution in [1.82, 2.24) is 24.5 Å². The summed E-state index contributed by atoms with van der Waals surface area (Å²) in [5.74, 6) is -0.861. The minimum Gasteiger partial charge on any atom is -0.487 e. The number of aryl methyl sites for hydroxylation is 2. The average Bonchev–Trinajstić information content (AvgIpc) is 3.31. The summed E-state index contributed by atoms with van der Waals surface area (Å²) in [6, 6.07) is 11.1. The van der Waals surface area contributed by atoms with Crippen molar-refractivity contribution in [3.05, 3.63) is 77.9 Å². The molecule has 150 valence electrons. The zero-order chi connectivity index (χ0) is 20.4. The van der Waals surface area contributed by atoms with Crippen LogP contribution in [0.2, 0.25) is 0 Å². The first-order valence-electron chi connectivity index (χ1n) is 8.83. The topological polar surface area (TPSA) is 69.8 Å². The Morgan fingerprint density at radius 1 is 1.07 bits per heavy atom. The number of hydrogen-bond donors (Lipinski definition) is 1. The quantitative estimate of drug-likeness (QED) is 0.528. The van der Waals surface area contributed by atoms with Crippen LogP contribution < -0.4 is 10.1 Å². The zero-order valence-corrected chi connectivity index (χ0v) is 15.8. The summed E-state index contributed by atoms with van der Waals surface area (Å²) in [5.41, 5.74) is 2.93. The molecule has 4 aromatic rings. The Morgan fingerprint density at radius 2 is 1.93 bits per heavy atom. The molecule has 7 nitrogen and oxygen atoms in total. The normalized spacial score (nSPS) is 10.9. The molecular weight excluding hydrogens is 378 g/mol. The smallest absolute Gasteiger partial charge is 0.246 e. The van der Waals surface area contributed by atoms with E-state index in [9.17, 15) is 8.78 Å². The summed E-state index contributed by atoms with van der Waals surface area (Å²) < 4.78 is 35.4. The van der Waals surface area contributed by atoms with E-state index in [0.717, 1.165) is 29.1 Å². The van der Waals surface area contributed by atoms with Crippen molar-refractivity contribution < 1.29 is 14.9 Å². The molecule has 0 unspecified atom stereocenters. The van der Waals surface area contributed by atoms with Crippen LogP contribution in [0.25, 0.3) is 5.69 Å². The summed E-state index contributed by atoms with van der Waals surface area (Å²) in [5, 5.41) is 11.6. The Kier molecular flexibility index (Phi) is 4.94. The van der Waals surface area contributed by atoms with Gasteiger partial charge in [-0.2, -0.15) is 10.1 Å². The van der Waals surface area contributed by atoms with Crippen LogP contribution >= 0.6 is 0 Å². The van der Waals surface area contributed by atoms with Crippen LogP contribution in [0.1, 0.15) is 12.7 Å². The Balaban J connectivity index is 0.00000256. The van der Waals surface area contributed by atoms with E-state index < -0.39 is 11.6 Å². The second kappa shape index (κ2) is 7.70. The predicted octanol–water partition coefficient (Wildman–Crippen LogP) is 4.16. The highest BCUT2D eigenvalue weighted by molar-refractivity contribution is 5.57. The molecule has 1 N–H and O–H groups in total. The standard InChI is InChI=1S/C20H18F2N6O.H2/c1-13-7-15(9-17(8-13)29-11-14-5-6-27(2)25-14)24-20-23-12-28(26-20)16-3-4-18(21)19(22)10-16;/h3-10,12H,11H2,1-2H3,(H,24,26);1H. The summed E-state index contributed by atoms with van der Waals surface area (Å²) in [6.07, 6.45) is 3.28. The number of nitrogens with one attached hydrogen (secondary N) is 1. The summed E-state index contributed by atoms with van der Waals surface area (Å²) in [4.78, 5) is 4.17. The summed E-state index contributed by atoms with van der Waals surface area (Å²) >= 11 is 0. The average molecular weight is 398 g/mol. The van der Waals surface area contributed by atoms with Crippen LogP contribution in [0, 0.1) is 18.6 Å². The predicted molar refractivity (Wildman–Crippen MR) is 105 cm³/mol. The first-order valence-corrected chi connectivity index (χ1v) is 8.83. The van der Waals surface area contributed by atoms with Crippen LogP contribution in [-0.2, 0) is 13.7 Å². The molecule has 0 atom stereocenters. The van der Waals surface area contributed by atoms with Crippen molar-refractivity contribution in [2.45, 2.75) is 13.5 Å². The molecule has 0 bridgehead atoms. The molecule has 2 aromatic heterocycles. The SMILES string of the molecule is Cc1cc(Nc2ncn(-c3ccc(F)c(F)c3)n2)cc(OCc2ccn(C)n2)c1.[HH]. The van der Waals surface area contributed by atoms with E-state index in [-0.39, 0.29) is 1.43 Å². The van der Waals surface area contributed by atoms with E-state index in [1.54, 1.807) is 4.68 Å². The Morgan fingerprint density at radius 3 is 2.69 bits per heavy atom. The molecule has 0 aliphatic carbocycles. The lowest BCUT2D eigenvalue weighted by Gasteiger charge is -2.09. The van der Waals surface area contributed by atoms with E-state index in [1.165, 1.54) is 17.1 Å². The lowest BCUT2D eigenvalue weighted by atomic mass is 10.2. The number of rotatable bonds is 6. The molecule has 0 saturated heterocycles. The van der Waals surface area contributed by atoms with E-state index in [4.69, 9.17) is 4.74 Å². The Bertz CT molecular complexity index is 1160. The van der Waals surface area contributed by atoms with Crippen LogP contribution in [0.4, 0.5) is 20.4 Å². The molecule has 0 radical (unpaired) electrons. The van der Waals surface area contributed by atoms with Gasteiger partial charge in [-0.3, -0.25) is 4.68 Å². The van der Waals surface area contributed by atoms with E-state index >= 15 is 0 Å². The molecular formula is C20H20F2N6O. The molecule has 0 saturated carbocycles. The monoisotopic (exact) mass is 398 g/mol. The van der Waals surface area contributed by atoms with E-state index in [0.29, 0.717) is 24.0 Å². The van der Waals surface area contributed by atoms with Gasteiger partial charge in [0.15, 0.2) is 11.6 Å². The lowest BCUT2D eigenvalue weighted by molar-refractivity contribution is 0.300. The van der Waals surface area contributed by atoms with Gasteiger partial charge in [0.1, 0.15) is 18.7 Å². The Hall–Kier alpha value is -3.75. The Labute approximate surface area is 167 Å². The first-order chi connectivity index (χ1) is 14.0. The largest absolute Gasteiger partial charge is 0.487 e. The highest BCUT2D eigenvalue weighted by Gasteiger charge is 2.08. The number of aromatic nitrogens is 5. The van der Waals surface area contributed by atoms with Gasteiger partial charge in [-0.15, -0.1) is 5.10 Å². The van der Waals surface area contributed by atoms with Crippen molar-refractivity contribution in [3.8, 4) is 11.4 Å². The van der Waals surface area contributed by atoms with Gasteiger partial charge < -0.3 is 10.1 Å². The van der Waals surface area contributed by atoms with Crippen LogP contribution in [-0.4, -0.2) is 24.5 Å². The summed E-state index contributed by atoms with van der Waals surface area (Å²) in [6.45, 7) is 2.30. The minimum atomic E-state index is -0.944. The lowest BCUT2D eigenvalue weighted by Crippen LogP contribution is -2.00. The molecule has 9 heteroatoms. The van der Waals surface area contributed by atoms with Crippen molar-refractivity contribution in [2.24, 2.45) is 7.05 Å². The minimum absolute atomic E-state index is 0. The third-order valence-corrected chi connectivity index (χ3v) is 4.12. The molecule has 2 aromatic carbocycles. The van der Waals surface area contributed by atoms with E-state index in [2.05, 4.69) is 20.5 Å². The van der Waals surface area contributed by atoms with Gasteiger partial charge >= 0.3 is 0 Å². The number of benzene rings is 2. The molecule has 29 heavy (non-hydrogen) atoms. The number of halogens is 2. The highest BCUT2D eigenvalue weighted by atomic mass is 19.2. The maximum absolute atomic E-state index is 13.4. The van der Waals surface area contributed by atoms with E-state index in [1.807, 2.05) is 44.4 Å². The fourth-order valence-corrected chi connectivity index (χ4v) is 2.80. The van der Waals surface area contributed by atoms with Gasteiger partial charge in [0, 0.05) is 32.5 Å². The first kappa shape index (κ1) is 18.6. The molecule has 0 aliphatic heterocycles. The number of anilines is 2. The highest BCUT2D eigenvalue weighted by Crippen LogP contribution is 2.24.